The first kappa shape index (κ1) is 15.4. The van der Waals surface area contributed by atoms with Gasteiger partial charge in [-0.1, -0.05) is 12.1 Å². The molecular weight excluding hydrogens is 304 g/mol. The predicted molar refractivity (Wildman–Crippen MR) is 79.5 cm³/mol. The third kappa shape index (κ3) is 3.32. The number of rotatable bonds is 4. The predicted octanol–water partition coefficient (Wildman–Crippen LogP) is 0.392. The highest BCUT2D eigenvalue weighted by atomic mass is 16.8. The van der Waals surface area contributed by atoms with Crippen molar-refractivity contribution in [3.05, 3.63) is 57.9 Å². The summed E-state index contributed by atoms with van der Waals surface area (Å²) in [6, 6.07) is 9.35. The van der Waals surface area contributed by atoms with Gasteiger partial charge in [-0.15, -0.1) is 0 Å². The van der Waals surface area contributed by atoms with Crippen LogP contribution in [-0.4, -0.2) is 17.2 Å². The Morgan fingerprint density at radius 2 is 1.70 bits per heavy atom. The monoisotopic (exact) mass is 318 g/mol. The van der Waals surface area contributed by atoms with Gasteiger partial charge >= 0.3 is 0 Å². The summed E-state index contributed by atoms with van der Waals surface area (Å²) in [5.41, 5.74) is 1.09. The lowest BCUT2D eigenvalue weighted by atomic mass is 10.1. The minimum absolute atomic E-state index is 0.0670. The number of hydrogen-bond acceptors (Lipinski definition) is 6. The Morgan fingerprint density at radius 1 is 0.913 bits per heavy atom. The average molecular weight is 318 g/mol. The molecule has 0 aromatic heterocycles. The summed E-state index contributed by atoms with van der Waals surface area (Å²) in [4.78, 5) is 0. The zero-order valence-electron chi connectivity index (χ0n) is 11.9. The van der Waals surface area contributed by atoms with Crippen molar-refractivity contribution in [2.45, 2.75) is 0 Å². The summed E-state index contributed by atoms with van der Waals surface area (Å²) in [5, 5.41) is 38.1. The van der Waals surface area contributed by atoms with Crippen LogP contribution in [0, 0.1) is 10.4 Å². The first-order valence-corrected chi connectivity index (χ1v) is 6.73. The quantitative estimate of drug-likeness (QED) is 0.479. The largest absolute Gasteiger partial charge is 0.595 e. The fraction of sp³-hybridized carbons (Fsp3) is 0.0667. The summed E-state index contributed by atoms with van der Waals surface area (Å²) < 4.78 is 10.5. The smallest absolute Gasteiger partial charge is 0.231 e. The molecule has 3 rings (SSSR count). The van der Waals surface area contributed by atoms with Crippen LogP contribution in [0.1, 0.15) is 11.1 Å². The van der Waals surface area contributed by atoms with E-state index in [0.29, 0.717) is 17.1 Å². The molecule has 23 heavy (non-hydrogen) atoms. The van der Waals surface area contributed by atoms with Gasteiger partial charge in [-0.3, -0.25) is 0 Å². The van der Waals surface area contributed by atoms with Crippen LogP contribution in [0.5, 0.6) is 11.5 Å². The minimum Gasteiger partial charge on any atom is -0.595 e. The van der Waals surface area contributed by atoms with Crippen LogP contribution >= 0.6 is 0 Å². The molecule has 0 radical (unpaired) electrons. The van der Waals surface area contributed by atoms with Crippen molar-refractivity contribution in [1.29, 1.82) is 0 Å². The van der Waals surface area contributed by atoms with Gasteiger partial charge in [0.1, 0.15) is 0 Å². The van der Waals surface area contributed by atoms with E-state index in [9.17, 15) is 15.6 Å². The van der Waals surface area contributed by atoms with Gasteiger partial charge in [0.2, 0.25) is 6.79 Å². The van der Waals surface area contributed by atoms with Crippen molar-refractivity contribution in [3.8, 4) is 11.5 Å². The number of fused-ring (bicyclic) bond motifs is 1. The number of quaternary nitrogens is 2. The van der Waals surface area contributed by atoms with Crippen LogP contribution in [0.15, 0.2) is 36.4 Å². The van der Waals surface area contributed by atoms with E-state index in [-0.39, 0.29) is 18.2 Å². The molecule has 1 aliphatic heterocycles. The number of hydrogen-bond donors (Lipinski definition) is 4. The second-order valence-electron chi connectivity index (χ2n) is 4.86. The van der Waals surface area contributed by atoms with Crippen molar-refractivity contribution in [3.63, 3.8) is 0 Å². The SMILES string of the molecule is [O-][NH+](O)c1ccc(C=Cc2ccc3c(c2)OCO3)c([NH+]([O-])O)c1. The van der Waals surface area contributed by atoms with Crippen LogP contribution in [0.25, 0.3) is 12.2 Å². The Balaban J connectivity index is 1.89. The van der Waals surface area contributed by atoms with Crippen LogP contribution in [-0.2, 0) is 0 Å². The molecule has 8 nitrogen and oxygen atoms in total. The van der Waals surface area contributed by atoms with Gasteiger partial charge in [-0.2, -0.15) is 10.5 Å². The molecule has 120 valence electrons. The van der Waals surface area contributed by atoms with Gasteiger partial charge in [0.25, 0.3) is 0 Å². The van der Waals surface area contributed by atoms with Crippen molar-refractivity contribution >= 4 is 23.5 Å². The van der Waals surface area contributed by atoms with E-state index in [1.54, 1.807) is 24.3 Å². The molecular formula is C15H14N2O6. The molecule has 0 spiro atoms. The Bertz CT molecular complexity index is 745. The van der Waals surface area contributed by atoms with E-state index in [2.05, 4.69) is 0 Å². The lowest BCUT2D eigenvalue weighted by Gasteiger charge is -2.17. The van der Waals surface area contributed by atoms with Crippen molar-refractivity contribution in [1.82, 2.24) is 0 Å². The second-order valence-corrected chi connectivity index (χ2v) is 4.86. The molecule has 1 aliphatic rings. The zero-order valence-corrected chi connectivity index (χ0v) is 11.9. The molecule has 1 heterocycles. The number of nitrogens with one attached hydrogen (secondary N) is 2. The van der Waals surface area contributed by atoms with Gasteiger partial charge < -0.3 is 19.9 Å². The third-order valence-electron chi connectivity index (χ3n) is 3.38. The maximum atomic E-state index is 11.3. The molecule has 2 aromatic carbocycles. The van der Waals surface area contributed by atoms with Crippen LogP contribution in [0.4, 0.5) is 11.4 Å². The third-order valence-corrected chi connectivity index (χ3v) is 3.38. The molecule has 0 saturated heterocycles. The molecule has 8 heteroatoms. The fourth-order valence-electron chi connectivity index (χ4n) is 2.22. The summed E-state index contributed by atoms with van der Waals surface area (Å²) in [7, 11) is 0. The molecule has 0 saturated carbocycles. The van der Waals surface area contributed by atoms with Crippen molar-refractivity contribution in [2.24, 2.45) is 0 Å². The lowest BCUT2D eigenvalue weighted by Crippen LogP contribution is -3.01. The highest BCUT2D eigenvalue weighted by Gasteiger charge is 2.13. The molecule has 0 amide bonds. The topological polar surface area (TPSA) is 114 Å². The van der Waals surface area contributed by atoms with E-state index in [1.165, 1.54) is 12.1 Å². The van der Waals surface area contributed by atoms with Crippen LogP contribution < -0.4 is 19.9 Å². The summed E-state index contributed by atoms with van der Waals surface area (Å²) in [6.07, 6.45) is 3.34. The van der Waals surface area contributed by atoms with Gasteiger partial charge in [0.05, 0.1) is 6.07 Å². The molecule has 0 bridgehead atoms. The maximum Gasteiger partial charge on any atom is 0.231 e. The van der Waals surface area contributed by atoms with Gasteiger partial charge in [-0.25, -0.2) is 10.4 Å². The molecule has 4 N–H and O–H groups in total. The maximum absolute atomic E-state index is 11.3. The standard InChI is InChI=1S/C15H14N2O6/c18-16(19)12-5-4-11(13(8-12)17(20)21)3-1-10-2-6-14-15(7-10)23-9-22-14/h1-8,16-18,20H,9H2. The van der Waals surface area contributed by atoms with Crippen LogP contribution in [0.3, 0.4) is 0 Å². The first-order chi connectivity index (χ1) is 11.0. The number of benzene rings is 2. The molecule has 2 unspecified atom stereocenters. The Kier molecular flexibility index (Phi) is 4.26. The summed E-state index contributed by atoms with van der Waals surface area (Å²) in [5.74, 6) is 1.30. The Morgan fingerprint density at radius 3 is 2.43 bits per heavy atom. The molecule has 2 aromatic rings. The Labute approximate surface area is 131 Å². The van der Waals surface area contributed by atoms with E-state index in [0.717, 1.165) is 11.6 Å². The fourth-order valence-corrected chi connectivity index (χ4v) is 2.22. The molecule has 0 fully saturated rings. The number of ether oxygens (including phenoxy) is 2. The Hall–Kier alpha value is -2.46. The summed E-state index contributed by atoms with van der Waals surface area (Å²) >= 11 is 0. The second kappa shape index (κ2) is 6.34. The van der Waals surface area contributed by atoms with E-state index < -0.39 is 10.5 Å². The van der Waals surface area contributed by atoms with Gasteiger partial charge in [-0.05, 0) is 29.8 Å². The van der Waals surface area contributed by atoms with Gasteiger partial charge in [0.15, 0.2) is 22.9 Å². The van der Waals surface area contributed by atoms with E-state index in [1.807, 2.05) is 6.07 Å². The minimum atomic E-state index is -1.18. The first-order valence-electron chi connectivity index (χ1n) is 6.73. The summed E-state index contributed by atoms with van der Waals surface area (Å²) in [6.45, 7) is 0.183. The van der Waals surface area contributed by atoms with Crippen LogP contribution in [0.2, 0.25) is 0 Å². The molecule has 0 aliphatic carbocycles. The van der Waals surface area contributed by atoms with E-state index in [4.69, 9.17) is 14.7 Å². The highest BCUT2D eigenvalue weighted by molar-refractivity contribution is 5.75. The zero-order chi connectivity index (χ0) is 16.4. The normalized spacial score (nSPS) is 15.8. The van der Waals surface area contributed by atoms with Crippen molar-refractivity contribution in [2.75, 3.05) is 6.79 Å². The van der Waals surface area contributed by atoms with E-state index >= 15 is 0 Å². The lowest BCUT2D eigenvalue weighted by molar-refractivity contribution is -0.996. The van der Waals surface area contributed by atoms with Gasteiger partial charge in [0, 0.05) is 11.6 Å². The molecule has 2 atom stereocenters. The average Bonchev–Trinajstić information content (AvgIpc) is 3.00. The van der Waals surface area contributed by atoms with Crippen molar-refractivity contribution < 1.29 is 30.3 Å². The highest BCUT2D eigenvalue weighted by Crippen LogP contribution is 2.33.